The van der Waals surface area contributed by atoms with E-state index in [1.807, 2.05) is 51.4 Å². The van der Waals surface area contributed by atoms with E-state index in [1.165, 1.54) is 0 Å². The highest BCUT2D eigenvalue weighted by atomic mass is 16.7. The first kappa shape index (κ1) is 14.5. The molecule has 21 heavy (non-hydrogen) atoms. The molecule has 0 bridgehead atoms. The minimum absolute atomic E-state index is 0.356. The Morgan fingerprint density at radius 2 is 1.81 bits per heavy atom. The average molecular weight is 287 g/mol. The number of fused-ring (bicyclic) bond motifs is 1. The third kappa shape index (κ3) is 2.26. The molecule has 0 N–H and O–H groups in total. The molecule has 1 aliphatic rings. The van der Waals surface area contributed by atoms with Gasteiger partial charge in [-0.15, -0.1) is 0 Å². The Hall–Kier alpha value is -1.40. The smallest absolute Gasteiger partial charge is 0.398 e. The summed E-state index contributed by atoms with van der Waals surface area (Å²) in [5, 5.41) is 4.62. The van der Waals surface area contributed by atoms with Gasteiger partial charge in [-0.2, -0.15) is 5.10 Å². The number of nitrogens with zero attached hydrogens (tertiary/aromatic N) is 3. The molecule has 3 rings (SSSR count). The second kappa shape index (κ2) is 4.55. The molecule has 0 aliphatic carbocycles. The molecule has 0 amide bonds. The summed E-state index contributed by atoms with van der Waals surface area (Å²) < 4.78 is 14.0. The highest BCUT2D eigenvalue weighted by Crippen LogP contribution is 2.36. The van der Waals surface area contributed by atoms with Crippen molar-refractivity contribution in [2.24, 2.45) is 0 Å². The Morgan fingerprint density at radius 1 is 1.19 bits per heavy atom. The van der Waals surface area contributed by atoms with Crippen molar-refractivity contribution in [1.29, 1.82) is 0 Å². The van der Waals surface area contributed by atoms with Crippen molar-refractivity contribution in [2.75, 3.05) is 0 Å². The highest BCUT2D eigenvalue weighted by molar-refractivity contribution is 6.61. The third-order valence-electron chi connectivity index (χ3n) is 4.52. The van der Waals surface area contributed by atoms with Crippen LogP contribution in [0.1, 0.15) is 45.9 Å². The molecular formula is C15H22BN3O2. The molecule has 3 heterocycles. The first-order chi connectivity index (χ1) is 9.73. The van der Waals surface area contributed by atoms with Crippen molar-refractivity contribution in [3.63, 3.8) is 0 Å². The molecule has 2 aromatic heterocycles. The lowest BCUT2D eigenvalue weighted by molar-refractivity contribution is 0.00578. The van der Waals surface area contributed by atoms with Crippen LogP contribution in [0.15, 0.2) is 12.3 Å². The van der Waals surface area contributed by atoms with Gasteiger partial charge in [0.2, 0.25) is 0 Å². The molecule has 112 valence electrons. The van der Waals surface area contributed by atoms with Gasteiger partial charge in [-0.3, -0.25) is 0 Å². The molecule has 6 heteroatoms. The quantitative estimate of drug-likeness (QED) is 0.792. The molecule has 5 nitrogen and oxygen atoms in total. The van der Waals surface area contributed by atoms with Crippen molar-refractivity contribution in [3.8, 4) is 0 Å². The first-order valence-electron chi connectivity index (χ1n) is 7.45. The molecule has 1 fully saturated rings. The topological polar surface area (TPSA) is 48.7 Å². The summed E-state index contributed by atoms with van der Waals surface area (Å²) in [5.74, 6) is 0. The van der Waals surface area contributed by atoms with Crippen LogP contribution in [0.4, 0.5) is 0 Å². The van der Waals surface area contributed by atoms with Crippen LogP contribution in [0, 0.1) is 6.92 Å². The number of hydrogen-bond donors (Lipinski definition) is 0. The fourth-order valence-electron chi connectivity index (χ4n) is 2.52. The molecule has 1 aliphatic heterocycles. The summed E-state index contributed by atoms with van der Waals surface area (Å²) in [6.45, 7) is 12.3. The Morgan fingerprint density at radius 3 is 2.38 bits per heavy atom. The van der Waals surface area contributed by atoms with Crippen molar-refractivity contribution in [1.82, 2.24) is 14.6 Å². The summed E-state index contributed by atoms with van der Waals surface area (Å²) in [5.41, 5.74) is 3.12. The lowest BCUT2D eigenvalue weighted by atomic mass is 9.83. The second-order valence-electron chi connectivity index (χ2n) is 6.69. The van der Waals surface area contributed by atoms with E-state index in [0.29, 0.717) is 0 Å². The van der Waals surface area contributed by atoms with Gasteiger partial charge >= 0.3 is 7.12 Å². The van der Waals surface area contributed by atoms with Crippen molar-refractivity contribution in [3.05, 3.63) is 23.5 Å². The molecule has 0 spiro atoms. The minimum Gasteiger partial charge on any atom is -0.398 e. The Kier molecular flexibility index (Phi) is 3.15. The fourth-order valence-corrected chi connectivity index (χ4v) is 2.52. The Labute approximate surface area is 125 Å². The minimum atomic E-state index is -0.438. The van der Waals surface area contributed by atoms with Crippen LogP contribution >= 0.6 is 0 Å². The van der Waals surface area contributed by atoms with E-state index in [0.717, 1.165) is 28.9 Å². The summed E-state index contributed by atoms with van der Waals surface area (Å²) in [4.78, 5) is 4.53. The number of imidazole rings is 1. The normalized spacial score (nSPS) is 20.4. The van der Waals surface area contributed by atoms with Crippen LogP contribution in [0.3, 0.4) is 0 Å². The zero-order valence-corrected chi connectivity index (χ0v) is 13.6. The van der Waals surface area contributed by atoms with Gasteiger partial charge in [-0.25, -0.2) is 9.50 Å². The predicted molar refractivity (Wildman–Crippen MR) is 82.8 cm³/mol. The summed E-state index contributed by atoms with van der Waals surface area (Å²) >= 11 is 0. The largest absolute Gasteiger partial charge is 0.516 e. The average Bonchev–Trinajstić information content (AvgIpc) is 2.85. The molecular weight excluding hydrogens is 265 g/mol. The maximum atomic E-state index is 6.09. The Balaban J connectivity index is 2.06. The maximum Gasteiger partial charge on any atom is 0.516 e. The van der Waals surface area contributed by atoms with Crippen molar-refractivity contribution < 1.29 is 9.31 Å². The van der Waals surface area contributed by atoms with Gasteiger partial charge in [0.15, 0.2) is 5.65 Å². The maximum absolute atomic E-state index is 6.09. The number of aromatic nitrogens is 3. The van der Waals surface area contributed by atoms with Crippen LogP contribution in [0.5, 0.6) is 0 Å². The molecule has 2 aromatic rings. The van der Waals surface area contributed by atoms with E-state index in [1.54, 1.807) is 0 Å². The van der Waals surface area contributed by atoms with Crippen molar-refractivity contribution >= 4 is 18.4 Å². The van der Waals surface area contributed by atoms with Gasteiger partial charge in [0.1, 0.15) is 0 Å². The molecule has 0 atom stereocenters. The monoisotopic (exact) mass is 287 g/mol. The van der Waals surface area contributed by atoms with Crippen LogP contribution in [-0.4, -0.2) is 32.9 Å². The number of aryl methyl sites for hydroxylation is 2. The number of hydrogen-bond acceptors (Lipinski definition) is 4. The van der Waals surface area contributed by atoms with E-state index < -0.39 is 7.12 Å². The molecule has 0 radical (unpaired) electrons. The molecule has 0 saturated carbocycles. The third-order valence-corrected chi connectivity index (χ3v) is 4.52. The van der Waals surface area contributed by atoms with Crippen LogP contribution in [0.2, 0.25) is 0 Å². The summed E-state index contributed by atoms with van der Waals surface area (Å²) in [6, 6.07) is 2.05. The zero-order valence-electron chi connectivity index (χ0n) is 13.6. The first-order valence-corrected chi connectivity index (χ1v) is 7.45. The molecule has 0 aromatic carbocycles. The number of rotatable bonds is 2. The Bertz CT molecular complexity index is 678. The zero-order chi connectivity index (χ0) is 15.4. The van der Waals surface area contributed by atoms with Gasteiger partial charge in [0, 0.05) is 0 Å². The second-order valence-corrected chi connectivity index (χ2v) is 6.69. The summed E-state index contributed by atoms with van der Waals surface area (Å²) in [7, 11) is -0.438. The van der Waals surface area contributed by atoms with Gasteiger partial charge in [0.05, 0.1) is 28.7 Å². The lowest BCUT2D eigenvalue weighted by Crippen LogP contribution is -2.41. The van der Waals surface area contributed by atoms with Gasteiger partial charge in [0.25, 0.3) is 0 Å². The van der Waals surface area contributed by atoms with Crippen LogP contribution in [0.25, 0.3) is 5.65 Å². The van der Waals surface area contributed by atoms with E-state index in [4.69, 9.17) is 9.31 Å². The van der Waals surface area contributed by atoms with E-state index in [2.05, 4.69) is 17.0 Å². The van der Waals surface area contributed by atoms with Crippen LogP contribution < -0.4 is 5.59 Å². The summed E-state index contributed by atoms with van der Waals surface area (Å²) in [6.07, 6.45) is 2.83. The van der Waals surface area contributed by atoms with E-state index in [-0.39, 0.29) is 11.2 Å². The van der Waals surface area contributed by atoms with Gasteiger partial charge < -0.3 is 9.31 Å². The van der Waals surface area contributed by atoms with Crippen LogP contribution in [-0.2, 0) is 15.7 Å². The van der Waals surface area contributed by atoms with Gasteiger partial charge in [-0.1, -0.05) is 6.92 Å². The molecule has 0 unspecified atom stereocenters. The lowest BCUT2D eigenvalue weighted by Gasteiger charge is -2.32. The van der Waals surface area contributed by atoms with E-state index in [9.17, 15) is 0 Å². The standard InChI is InChI=1S/C15H22BN3O2/c1-7-11-8-12(18-19-9-10(2)17-13(11)19)16-20-14(3,4)15(5,6)21-16/h8-9H,7H2,1-6H3. The molecule has 1 saturated heterocycles. The van der Waals surface area contributed by atoms with E-state index >= 15 is 0 Å². The highest BCUT2D eigenvalue weighted by Gasteiger charge is 2.52. The fraction of sp³-hybridized carbons (Fsp3) is 0.600. The van der Waals surface area contributed by atoms with Gasteiger partial charge in [-0.05, 0) is 52.7 Å². The van der Waals surface area contributed by atoms with Crippen molar-refractivity contribution in [2.45, 2.75) is 59.2 Å². The SMILES string of the molecule is CCc1cc(B2OC(C)(C)C(C)(C)O2)nn2cc(C)nc12. The predicted octanol–water partition coefficient (Wildman–Crippen LogP) is 1.90.